The SMILES string of the molecule is Cc1nnc(SCC(=O)c2cc(C)n(-c3ccc(F)cc3)c2C)n1C. The van der Waals surface area contributed by atoms with Crippen molar-refractivity contribution in [3.8, 4) is 5.69 Å². The number of hydrogen-bond acceptors (Lipinski definition) is 4. The molecule has 2 aromatic heterocycles. The van der Waals surface area contributed by atoms with E-state index in [4.69, 9.17) is 0 Å². The number of hydrogen-bond donors (Lipinski definition) is 0. The minimum atomic E-state index is -0.280. The molecule has 25 heavy (non-hydrogen) atoms. The van der Waals surface area contributed by atoms with Crippen LogP contribution in [0.4, 0.5) is 4.39 Å². The number of thioether (sulfide) groups is 1. The van der Waals surface area contributed by atoms with Crippen molar-refractivity contribution in [2.75, 3.05) is 5.75 Å². The lowest BCUT2D eigenvalue weighted by atomic mass is 10.2. The molecule has 0 aliphatic rings. The van der Waals surface area contributed by atoms with Crippen molar-refractivity contribution in [1.29, 1.82) is 0 Å². The maximum Gasteiger partial charge on any atom is 0.191 e. The fraction of sp³-hybridized carbons (Fsp3) is 0.278. The summed E-state index contributed by atoms with van der Waals surface area (Å²) in [4.78, 5) is 12.7. The quantitative estimate of drug-likeness (QED) is 0.516. The van der Waals surface area contributed by atoms with Gasteiger partial charge < -0.3 is 9.13 Å². The van der Waals surface area contributed by atoms with Gasteiger partial charge in [-0.25, -0.2) is 4.39 Å². The number of benzene rings is 1. The molecule has 0 saturated carbocycles. The molecule has 0 spiro atoms. The molecule has 3 aromatic rings. The summed E-state index contributed by atoms with van der Waals surface area (Å²) in [7, 11) is 1.88. The predicted octanol–water partition coefficient (Wildman–Crippen LogP) is 3.65. The van der Waals surface area contributed by atoms with E-state index in [0.29, 0.717) is 11.3 Å². The summed E-state index contributed by atoms with van der Waals surface area (Å²) in [6, 6.07) is 8.13. The van der Waals surface area contributed by atoms with E-state index in [1.807, 2.05) is 43.0 Å². The zero-order valence-corrected chi connectivity index (χ0v) is 15.4. The molecule has 2 heterocycles. The lowest BCUT2D eigenvalue weighted by molar-refractivity contribution is 0.102. The second kappa shape index (κ2) is 6.84. The van der Waals surface area contributed by atoms with Crippen LogP contribution in [0.3, 0.4) is 0 Å². The molecule has 0 radical (unpaired) electrons. The number of rotatable bonds is 5. The molecule has 7 heteroatoms. The molecule has 0 amide bonds. The van der Waals surface area contributed by atoms with E-state index in [2.05, 4.69) is 10.2 Å². The van der Waals surface area contributed by atoms with Crippen molar-refractivity contribution in [1.82, 2.24) is 19.3 Å². The zero-order chi connectivity index (χ0) is 18.1. The van der Waals surface area contributed by atoms with Crippen molar-refractivity contribution in [3.63, 3.8) is 0 Å². The number of aromatic nitrogens is 4. The van der Waals surface area contributed by atoms with Crippen LogP contribution in [-0.4, -0.2) is 30.9 Å². The number of nitrogens with zero attached hydrogens (tertiary/aromatic N) is 4. The van der Waals surface area contributed by atoms with Crippen LogP contribution < -0.4 is 0 Å². The first-order chi connectivity index (χ1) is 11.9. The average Bonchev–Trinajstić information content (AvgIpc) is 3.06. The van der Waals surface area contributed by atoms with Crippen LogP contribution in [-0.2, 0) is 7.05 Å². The molecule has 5 nitrogen and oxygen atoms in total. The summed E-state index contributed by atoms with van der Waals surface area (Å²) >= 11 is 1.37. The Balaban J connectivity index is 1.83. The molecule has 0 saturated heterocycles. The summed E-state index contributed by atoms with van der Waals surface area (Å²) in [6.45, 7) is 5.71. The molecule has 0 fully saturated rings. The van der Waals surface area contributed by atoms with Gasteiger partial charge in [0, 0.05) is 29.7 Å². The van der Waals surface area contributed by atoms with Crippen LogP contribution in [0.15, 0.2) is 35.5 Å². The highest BCUT2D eigenvalue weighted by atomic mass is 32.2. The van der Waals surface area contributed by atoms with Gasteiger partial charge in [-0.1, -0.05) is 11.8 Å². The Labute approximate surface area is 149 Å². The van der Waals surface area contributed by atoms with Gasteiger partial charge in [-0.15, -0.1) is 10.2 Å². The van der Waals surface area contributed by atoms with Crippen molar-refractivity contribution >= 4 is 17.5 Å². The van der Waals surface area contributed by atoms with Gasteiger partial charge in [-0.2, -0.15) is 0 Å². The Kier molecular flexibility index (Phi) is 4.76. The summed E-state index contributed by atoms with van der Waals surface area (Å²) in [5.41, 5.74) is 3.30. The summed E-state index contributed by atoms with van der Waals surface area (Å²) < 4.78 is 17.0. The van der Waals surface area contributed by atoms with Crippen molar-refractivity contribution in [2.45, 2.75) is 25.9 Å². The molecular formula is C18H19FN4OS. The fourth-order valence-corrected chi connectivity index (χ4v) is 3.59. The third-order valence-corrected chi connectivity index (χ3v) is 5.22. The topological polar surface area (TPSA) is 52.7 Å². The van der Waals surface area contributed by atoms with Crippen LogP contribution in [0, 0.1) is 26.6 Å². The normalized spacial score (nSPS) is 11.1. The second-order valence-corrected chi connectivity index (χ2v) is 6.84. The van der Waals surface area contributed by atoms with E-state index >= 15 is 0 Å². The van der Waals surface area contributed by atoms with Crippen LogP contribution in [0.1, 0.15) is 27.6 Å². The highest BCUT2D eigenvalue weighted by molar-refractivity contribution is 7.99. The monoisotopic (exact) mass is 358 g/mol. The van der Waals surface area contributed by atoms with Gasteiger partial charge in [0.2, 0.25) is 0 Å². The first-order valence-electron chi connectivity index (χ1n) is 7.85. The maximum atomic E-state index is 13.2. The van der Waals surface area contributed by atoms with Crippen molar-refractivity contribution < 1.29 is 9.18 Å². The van der Waals surface area contributed by atoms with Gasteiger partial charge in [0.05, 0.1) is 5.75 Å². The van der Waals surface area contributed by atoms with E-state index < -0.39 is 0 Å². The molecule has 0 bridgehead atoms. The summed E-state index contributed by atoms with van der Waals surface area (Å²) in [5, 5.41) is 8.78. The van der Waals surface area contributed by atoms with Crippen LogP contribution >= 0.6 is 11.8 Å². The third-order valence-electron chi connectivity index (χ3n) is 4.20. The average molecular weight is 358 g/mol. The number of halogens is 1. The Bertz CT molecular complexity index is 927. The highest BCUT2D eigenvalue weighted by Gasteiger charge is 2.18. The smallest absolute Gasteiger partial charge is 0.191 e. The number of aryl methyl sites for hydroxylation is 2. The van der Waals surface area contributed by atoms with Crippen LogP contribution in [0.25, 0.3) is 5.69 Å². The van der Waals surface area contributed by atoms with E-state index in [1.165, 1.54) is 23.9 Å². The molecule has 0 aliphatic heterocycles. The number of carbonyl (C=O) groups excluding carboxylic acids is 1. The number of Topliss-reactive ketones (excluding diaryl/α,β-unsaturated/α-hetero) is 1. The predicted molar refractivity (Wildman–Crippen MR) is 96.0 cm³/mol. The molecule has 0 unspecified atom stereocenters. The van der Waals surface area contributed by atoms with Crippen molar-refractivity contribution in [3.05, 3.63) is 58.9 Å². The fourth-order valence-electron chi connectivity index (χ4n) is 2.75. The van der Waals surface area contributed by atoms with E-state index in [0.717, 1.165) is 28.1 Å². The van der Waals surface area contributed by atoms with Crippen LogP contribution in [0.2, 0.25) is 0 Å². The van der Waals surface area contributed by atoms with Crippen LogP contribution in [0.5, 0.6) is 0 Å². The molecule has 3 rings (SSSR count). The first kappa shape index (κ1) is 17.4. The number of carbonyl (C=O) groups is 1. The summed E-state index contributed by atoms with van der Waals surface area (Å²) in [5.74, 6) is 0.856. The Morgan fingerprint density at radius 3 is 2.44 bits per heavy atom. The first-order valence-corrected chi connectivity index (χ1v) is 8.84. The van der Waals surface area contributed by atoms with E-state index in [1.54, 1.807) is 12.1 Å². The highest BCUT2D eigenvalue weighted by Crippen LogP contribution is 2.24. The van der Waals surface area contributed by atoms with Gasteiger partial charge in [0.1, 0.15) is 11.6 Å². The minimum absolute atomic E-state index is 0.0344. The lowest BCUT2D eigenvalue weighted by Gasteiger charge is -2.09. The zero-order valence-electron chi connectivity index (χ0n) is 14.6. The molecule has 130 valence electrons. The molecule has 0 aliphatic carbocycles. The Morgan fingerprint density at radius 2 is 1.84 bits per heavy atom. The molecule has 1 aromatic carbocycles. The largest absolute Gasteiger partial charge is 0.318 e. The molecular weight excluding hydrogens is 339 g/mol. The van der Waals surface area contributed by atoms with Gasteiger partial charge in [-0.05, 0) is 51.1 Å². The second-order valence-electron chi connectivity index (χ2n) is 5.90. The van der Waals surface area contributed by atoms with Gasteiger partial charge >= 0.3 is 0 Å². The van der Waals surface area contributed by atoms with Crippen molar-refractivity contribution in [2.24, 2.45) is 7.05 Å². The number of ketones is 1. The van der Waals surface area contributed by atoms with Gasteiger partial charge in [0.15, 0.2) is 10.9 Å². The molecule has 0 atom stereocenters. The molecule has 0 N–H and O–H groups in total. The minimum Gasteiger partial charge on any atom is -0.318 e. The lowest BCUT2D eigenvalue weighted by Crippen LogP contribution is -2.06. The van der Waals surface area contributed by atoms with E-state index in [-0.39, 0.29) is 11.6 Å². The third kappa shape index (κ3) is 3.37. The van der Waals surface area contributed by atoms with Gasteiger partial charge in [0.25, 0.3) is 0 Å². The van der Waals surface area contributed by atoms with Gasteiger partial charge in [-0.3, -0.25) is 4.79 Å². The maximum absolute atomic E-state index is 13.2. The Hall–Kier alpha value is -2.41. The summed E-state index contributed by atoms with van der Waals surface area (Å²) in [6.07, 6.45) is 0. The standard InChI is InChI=1S/C18H19FN4OS/c1-11-9-16(12(2)23(11)15-7-5-14(19)6-8-15)17(24)10-25-18-21-20-13(3)22(18)4/h5-9H,10H2,1-4H3. The van der Waals surface area contributed by atoms with E-state index in [9.17, 15) is 9.18 Å². The Morgan fingerprint density at radius 1 is 1.16 bits per heavy atom.